The second-order valence-corrected chi connectivity index (χ2v) is 2.34. The van der Waals surface area contributed by atoms with Gasteiger partial charge in [-0.3, -0.25) is 0 Å². The lowest BCUT2D eigenvalue weighted by Crippen LogP contribution is -2.04. The van der Waals surface area contributed by atoms with Crippen molar-refractivity contribution in [2.75, 3.05) is 20.8 Å². The van der Waals surface area contributed by atoms with Crippen LogP contribution in [0.3, 0.4) is 0 Å². The zero-order chi connectivity index (χ0) is 9.40. The first-order chi connectivity index (χ1) is 5.70. The van der Waals surface area contributed by atoms with Crippen molar-refractivity contribution in [3.05, 3.63) is 11.8 Å². The molecule has 4 heteroatoms. The van der Waals surface area contributed by atoms with Gasteiger partial charge in [-0.2, -0.15) is 0 Å². The van der Waals surface area contributed by atoms with Gasteiger partial charge in [0.2, 0.25) is 0 Å². The fourth-order valence-corrected chi connectivity index (χ4v) is 0.703. The largest absolute Gasteiger partial charge is 0.466 e. The molecule has 0 rings (SSSR count). The van der Waals surface area contributed by atoms with Crippen molar-refractivity contribution >= 4 is 5.97 Å². The van der Waals surface area contributed by atoms with Crippen LogP contribution < -0.4 is 5.73 Å². The highest BCUT2D eigenvalue weighted by atomic mass is 16.5. The minimum atomic E-state index is -0.412. The Morgan fingerprint density at radius 3 is 2.67 bits per heavy atom. The lowest BCUT2D eigenvalue weighted by Gasteiger charge is -1.99. The summed E-state index contributed by atoms with van der Waals surface area (Å²) < 4.78 is 9.23. The normalized spacial score (nSPS) is 11.3. The smallest absolute Gasteiger partial charge is 0.332 e. The molecule has 0 aliphatic heterocycles. The second kappa shape index (κ2) is 6.67. The minimum absolute atomic E-state index is 0.412. The Balaban J connectivity index is 3.62. The average molecular weight is 173 g/mol. The van der Waals surface area contributed by atoms with Gasteiger partial charge in [0.1, 0.15) is 0 Å². The van der Waals surface area contributed by atoms with Crippen LogP contribution in [0.4, 0.5) is 0 Å². The standard InChI is InChI=1S/C8H15NO3/c1-11-5-3-4-7(9)6-8(10)12-2/h6H,3-5,9H2,1-2H3. The first kappa shape index (κ1) is 11.0. The summed E-state index contributed by atoms with van der Waals surface area (Å²) >= 11 is 0. The van der Waals surface area contributed by atoms with Gasteiger partial charge in [-0.05, 0) is 12.8 Å². The molecule has 0 radical (unpaired) electrons. The summed E-state index contributed by atoms with van der Waals surface area (Å²) in [4.78, 5) is 10.6. The molecule has 0 saturated heterocycles. The summed E-state index contributed by atoms with van der Waals surface area (Å²) in [6, 6.07) is 0. The van der Waals surface area contributed by atoms with E-state index in [1.165, 1.54) is 13.2 Å². The molecule has 0 aliphatic rings. The molecular weight excluding hydrogens is 158 g/mol. The maximum Gasteiger partial charge on any atom is 0.332 e. The molecule has 0 aromatic rings. The predicted octanol–water partition coefficient (Wildman–Crippen LogP) is 0.429. The zero-order valence-corrected chi connectivity index (χ0v) is 7.50. The Hall–Kier alpha value is -1.03. The number of nitrogens with two attached hydrogens (primary N) is 1. The molecule has 4 nitrogen and oxygen atoms in total. The summed E-state index contributed by atoms with van der Waals surface area (Å²) in [5.41, 5.74) is 6.02. The third-order valence-corrected chi connectivity index (χ3v) is 1.32. The van der Waals surface area contributed by atoms with Crippen LogP contribution in [0.25, 0.3) is 0 Å². The van der Waals surface area contributed by atoms with E-state index in [1.807, 2.05) is 0 Å². The third-order valence-electron chi connectivity index (χ3n) is 1.32. The number of rotatable bonds is 5. The maximum atomic E-state index is 10.6. The van der Waals surface area contributed by atoms with E-state index in [0.29, 0.717) is 18.7 Å². The van der Waals surface area contributed by atoms with Gasteiger partial charge >= 0.3 is 5.97 Å². The zero-order valence-electron chi connectivity index (χ0n) is 7.50. The Bertz CT molecular complexity index is 166. The maximum absolute atomic E-state index is 10.6. The number of methoxy groups -OCH3 is 2. The van der Waals surface area contributed by atoms with Gasteiger partial charge in [0.25, 0.3) is 0 Å². The molecule has 0 fully saturated rings. The van der Waals surface area contributed by atoms with E-state index in [4.69, 9.17) is 10.5 Å². The SMILES string of the molecule is COCCCC(N)=CC(=O)OC. The molecule has 70 valence electrons. The summed E-state index contributed by atoms with van der Waals surface area (Å²) in [6.45, 7) is 0.649. The first-order valence-corrected chi connectivity index (χ1v) is 3.73. The van der Waals surface area contributed by atoms with Crippen LogP contribution >= 0.6 is 0 Å². The Morgan fingerprint density at radius 2 is 2.17 bits per heavy atom. The number of hydrogen-bond donors (Lipinski definition) is 1. The van der Waals surface area contributed by atoms with Crippen molar-refractivity contribution in [2.24, 2.45) is 5.73 Å². The van der Waals surface area contributed by atoms with Gasteiger partial charge in [0.15, 0.2) is 0 Å². The fraction of sp³-hybridized carbons (Fsp3) is 0.625. The van der Waals surface area contributed by atoms with Gasteiger partial charge in [0.05, 0.1) is 7.11 Å². The van der Waals surface area contributed by atoms with Crippen LogP contribution in [0.15, 0.2) is 11.8 Å². The molecule has 0 unspecified atom stereocenters. The highest BCUT2D eigenvalue weighted by Gasteiger charge is 1.96. The highest BCUT2D eigenvalue weighted by Crippen LogP contribution is 1.98. The monoisotopic (exact) mass is 173 g/mol. The van der Waals surface area contributed by atoms with Gasteiger partial charge < -0.3 is 15.2 Å². The van der Waals surface area contributed by atoms with E-state index in [0.717, 1.165) is 6.42 Å². The van der Waals surface area contributed by atoms with Gasteiger partial charge in [-0.15, -0.1) is 0 Å². The lowest BCUT2D eigenvalue weighted by molar-refractivity contribution is -0.134. The van der Waals surface area contributed by atoms with E-state index in [9.17, 15) is 4.79 Å². The third kappa shape index (κ3) is 5.73. The van der Waals surface area contributed by atoms with Crippen molar-refractivity contribution in [3.63, 3.8) is 0 Å². The van der Waals surface area contributed by atoms with Crippen LogP contribution in [-0.4, -0.2) is 26.8 Å². The van der Waals surface area contributed by atoms with E-state index < -0.39 is 5.97 Å². The summed E-state index contributed by atoms with van der Waals surface area (Å²) in [5, 5.41) is 0. The van der Waals surface area contributed by atoms with Crippen molar-refractivity contribution in [1.82, 2.24) is 0 Å². The van der Waals surface area contributed by atoms with Gasteiger partial charge in [0, 0.05) is 25.5 Å². The summed E-state index contributed by atoms with van der Waals surface area (Å²) in [7, 11) is 2.95. The van der Waals surface area contributed by atoms with Crippen LogP contribution in [0.5, 0.6) is 0 Å². The molecule has 0 aromatic carbocycles. The van der Waals surface area contributed by atoms with E-state index >= 15 is 0 Å². The summed E-state index contributed by atoms with van der Waals surface area (Å²) in [5.74, 6) is -0.412. The first-order valence-electron chi connectivity index (χ1n) is 3.73. The molecule has 12 heavy (non-hydrogen) atoms. The second-order valence-electron chi connectivity index (χ2n) is 2.34. The van der Waals surface area contributed by atoms with Gasteiger partial charge in [-0.25, -0.2) is 4.79 Å². The van der Waals surface area contributed by atoms with Crippen molar-refractivity contribution in [1.29, 1.82) is 0 Å². The topological polar surface area (TPSA) is 61.5 Å². The number of hydrogen-bond acceptors (Lipinski definition) is 4. The van der Waals surface area contributed by atoms with Crippen LogP contribution in [0, 0.1) is 0 Å². The van der Waals surface area contributed by atoms with E-state index in [-0.39, 0.29) is 0 Å². The van der Waals surface area contributed by atoms with E-state index in [2.05, 4.69) is 4.74 Å². The lowest BCUT2D eigenvalue weighted by atomic mass is 10.2. The Morgan fingerprint density at radius 1 is 1.50 bits per heavy atom. The molecule has 2 N–H and O–H groups in total. The number of esters is 1. The number of carbonyl (C=O) groups excluding carboxylic acids is 1. The number of allylic oxidation sites excluding steroid dienone is 1. The molecule has 0 amide bonds. The molecule has 0 aliphatic carbocycles. The Kier molecular flexibility index (Phi) is 6.09. The molecule has 0 heterocycles. The molecule has 0 atom stereocenters. The Labute approximate surface area is 72.3 Å². The molecular formula is C8H15NO3. The molecule has 0 spiro atoms. The van der Waals surface area contributed by atoms with Crippen molar-refractivity contribution < 1.29 is 14.3 Å². The predicted molar refractivity (Wildman–Crippen MR) is 45.4 cm³/mol. The van der Waals surface area contributed by atoms with E-state index in [1.54, 1.807) is 7.11 Å². The number of carbonyl (C=O) groups is 1. The molecule has 0 saturated carbocycles. The minimum Gasteiger partial charge on any atom is -0.466 e. The average Bonchev–Trinajstić information content (AvgIpc) is 2.05. The summed E-state index contributed by atoms with van der Waals surface area (Å²) in [6.07, 6.45) is 2.76. The molecule has 0 aromatic heterocycles. The van der Waals surface area contributed by atoms with Crippen LogP contribution in [0.1, 0.15) is 12.8 Å². The van der Waals surface area contributed by atoms with Crippen molar-refractivity contribution in [3.8, 4) is 0 Å². The molecule has 0 bridgehead atoms. The van der Waals surface area contributed by atoms with Crippen LogP contribution in [0.2, 0.25) is 0 Å². The quantitative estimate of drug-likeness (QED) is 0.372. The fourth-order valence-electron chi connectivity index (χ4n) is 0.703. The number of ether oxygens (including phenoxy) is 2. The van der Waals surface area contributed by atoms with Gasteiger partial charge in [-0.1, -0.05) is 0 Å². The highest BCUT2D eigenvalue weighted by molar-refractivity contribution is 5.82. The van der Waals surface area contributed by atoms with Crippen LogP contribution in [-0.2, 0) is 14.3 Å². The van der Waals surface area contributed by atoms with Crippen molar-refractivity contribution in [2.45, 2.75) is 12.8 Å².